The van der Waals surface area contributed by atoms with Gasteiger partial charge in [-0.1, -0.05) is 48.5 Å². The summed E-state index contributed by atoms with van der Waals surface area (Å²) in [7, 11) is 0. The number of rotatable bonds is 4. The summed E-state index contributed by atoms with van der Waals surface area (Å²) in [4.78, 5) is 1.25. The van der Waals surface area contributed by atoms with Crippen LogP contribution in [0.1, 0.15) is 32.4 Å². The number of hydrogen-bond acceptors (Lipinski definition) is 3. The number of benzene rings is 2. The molecule has 2 atom stereocenters. The molecule has 3 heteroatoms. The van der Waals surface area contributed by atoms with Crippen molar-refractivity contribution in [3.63, 3.8) is 0 Å². The smallest absolute Gasteiger partial charge is 0.164 e. The molecule has 0 N–H and O–H groups in total. The van der Waals surface area contributed by atoms with E-state index in [2.05, 4.69) is 55.5 Å². The summed E-state index contributed by atoms with van der Waals surface area (Å²) in [5, 5.41) is 0. The lowest BCUT2D eigenvalue weighted by molar-refractivity contribution is -0.157. The van der Waals surface area contributed by atoms with Gasteiger partial charge in [0.15, 0.2) is 5.79 Å². The van der Waals surface area contributed by atoms with E-state index >= 15 is 0 Å². The maximum atomic E-state index is 6.28. The fourth-order valence-electron chi connectivity index (χ4n) is 2.94. The van der Waals surface area contributed by atoms with Crippen molar-refractivity contribution < 1.29 is 9.47 Å². The third-order valence-electron chi connectivity index (χ3n) is 3.81. The summed E-state index contributed by atoms with van der Waals surface area (Å²) in [6, 6.07) is 20.8. The molecular weight excluding hydrogens is 292 g/mol. The molecule has 1 heterocycles. The highest BCUT2D eigenvalue weighted by atomic mass is 32.2. The predicted octanol–water partition coefficient (Wildman–Crippen LogP) is 5.06. The monoisotopic (exact) mass is 314 g/mol. The van der Waals surface area contributed by atoms with Crippen molar-refractivity contribution in [2.75, 3.05) is 5.75 Å². The number of hydrogen-bond donors (Lipinski definition) is 0. The van der Waals surface area contributed by atoms with Gasteiger partial charge in [-0.3, -0.25) is 0 Å². The predicted molar refractivity (Wildman–Crippen MR) is 91.0 cm³/mol. The summed E-state index contributed by atoms with van der Waals surface area (Å²) in [5.41, 5.74) is 0.815. The van der Waals surface area contributed by atoms with Crippen molar-refractivity contribution in [2.24, 2.45) is 0 Å². The van der Waals surface area contributed by atoms with Crippen LogP contribution in [0.3, 0.4) is 0 Å². The molecule has 2 aromatic rings. The first-order chi connectivity index (χ1) is 10.5. The van der Waals surface area contributed by atoms with Crippen LogP contribution in [0.4, 0.5) is 0 Å². The molecule has 1 aliphatic rings. The van der Waals surface area contributed by atoms with Crippen molar-refractivity contribution in [3.05, 3.63) is 66.2 Å². The lowest BCUT2D eigenvalue weighted by atomic mass is 9.95. The Kier molecular flexibility index (Phi) is 4.31. The van der Waals surface area contributed by atoms with Gasteiger partial charge < -0.3 is 9.47 Å². The lowest BCUT2D eigenvalue weighted by Crippen LogP contribution is -2.35. The minimum atomic E-state index is -0.563. The molecule has 1 aliphatic heterocycles. The van der Waals surface area contributed by atoms with Gasteiger partial charge in [-0.25, -0.2) is 0 Å². The zero-order valence-corrected chi connectivity index (χ0v) is 14.1. The summed E-state index contributed by atoms with van der Waals surface area (Å²) in [5.74, 6) is 0.284. The summed E-state index contributed by atoms with van der Waals surface area (Å²) in [6.07, 6.45) is -0.0556. The van der Waals surface area contributed by atoms with Crippen molar-refractivity contribution in [3.8, 4) is 0 Å². The van der Waals surface area contributed by atoms with E-state index < -0.39 is 5.79 Å². The zero-order valence-electron chi connectivity index (χ0n) is 13.3. The van der Waals surface area contributed by atoms with Crippen molar-refractivity contribution in [2.45, 2.75) is 43.2 Å². The molecule has 0 saturated carbocycles. The molecular formula is C19H22O2S. The van der Waals surface area contributed by atoms with Gasteiger partial charge in [0.25, 0.3) is 0 Å². The molecule has 0 aromatic heterocycles. The fraction of sp³-hybridized carbons (Fsp3) is 0.368. The van der Waals surface area contributed by atoms with E-state index in [4.69, 9.17) is 9.47 Å². The van der Waals surface area contributed by atoms with Crippen LogP contribution < -0.4 is 0 Å². The van der Waals surface area contributed by atoms with Crippen molar-refractivity contribution in [1.29, 1.82) is 0 Å². The van der Waals surface area contributed by atoms with E-state index in [9.17, 15) is 0 Å². The average Bonchev–Trinajstić information content (AvgIpc) is 2.77. The Morgan fingerprint density at radius 3 is 2.14 bits per heavy atom. The van der Waals surface area contributed by atoms with Gasteiger partial charge in [0.2, 0.25) is 0 Å². The number of thioether (sulfide) groups is 1. The maximum Gasteiger partial charge on any atom is 0.164 e. The van der Waals surface area contributed by atoms with Crippen LogP contribution >= 0.6 is 11.8 Å². The zero-order chi connectivity index (χ0) is 15.6. The average molecular weight is 314 g/mol. The van der Waals surface area contributed by atoms with Gasteiger partial charge in [-0.05, 0) is 38.5 Å². The van der Waals surface area contributed by atoms with Gasteiger partial charge in [0.1, 0.15) is 11.7 Å². The quantitative estimate of drug-likeness (QED) is 0.735. The third-order valence-corrected chi connectivity index (χ3v) is 5.13. The van der Waals surface area contributed by atoms with E-state index in [1.165, 1.54) is 10.5 Å². The van der Waals surface area contributed by atoms with Gasteiger partial charge in [0, 0.05) is 10.6 Å². The second-order valence-corrected chi connectivity index (χ2v) is 7.37. The lowest BCUT2D eigenvalue weighted by Gasteiger charge is -2.29. The molecule has 0 radical (unpaired) electrons. The highest BCUT2D eigenvalue weighted by Crippen LogP contribution is 2.47. The molecule has 0 aliphatic carbocycles. The Labute approximate surface area is 136 Å². The molecule has 2 aromatic carbocycles. The molecule has 2 nitrogen and oxygen atoms in total. The minimum Gasteiger partial charge on any atom is -0.340 e. The van der Waals surface area contributed by atoms with Crippen LogP contribution in [0.5, 0.6) is 0 Å². The molecule has 1 saturated heterocycles. The van der Waals surface area contributed by atoms with Crippen LogP contribution in [-0.4, -0.2) is 17.1 Å². The fourth-order valence-corrected chi connectivity index (χ4v) is 3.96. The van der Waals surface area contributed by atoms with E-state index in [1.54, 1.807) is 0 Å². The molecule has 0 unspecified atom stereocenters. The first kappa shape index (κ1) is 15.6. The Morgan fingerprint density at radius 1 is 0.909 bits per heavy atom. The molecule has 3 rings (SSSR count). The van der Waals surface area contributed by atoms with Crippen LogP contribution in [0.15, 0.2) is 65.6 Å². The molecule has 22 heavy (non-hydrogen) atoms. The van der Waals surface area contributed by atoms with E-state index in [1.807, 2.05) is 37.7 Å². The van der Waals surface area contributed by atoms with E-state index in [0.717, 1.165) is 5.75 Å². The van der Waals surface area contributed by atoms with Gasteiger partial charge in [-0.2, -0.15) is 0 Å². The first-order valence-electron chi connectivity index (χ1n) is 7.59. The van der Waals surface area contributed by atoms with Gasteiger partial charge >= 0.3 is 0 Å². The van der Waals surface area contributed by atoms with Crippen LogP contribution in [0, 0.1) is 0 Å². The summed E-state index contributed by atoms with van der Waals surface area (Å²) >= 11 is 1.81. The highest BCUT2D eigenvalue weighted by Gasteiger charge is 2.50. The van der Waals surface area contributed by atoms with Crippen LogP contribution in [0.2, 0.25) is 0 Å². The second kappa shape index (κ2) is 6.07. The van der Waals surface area contributed by atoms with E-state index in [-0.39, 0.29) is 11.7 Å². The maximum absolute atomic E-state index is 6.28. The topological polar surface area (TPSA) is 18.5 Å². The second-order valence-electron chi connectivity index (χ2n) is 6.32. The first-order valence-corrected chi connectivity index (χ1v) is 8.58. The highest BCUT2D eigenvalue weighted by molar-refractivity contribution is 7.99. The molecule has 116 valence electrons. The van der Waals surface area contributed by atoms with Crippen molar-refractivity contribution in [1.82, 2.24) is 0 Å². The Balaban J connectivity index is 1.82. The molecule has 1 fully saturated rings. The Bertz CT molecular complexity index is 612. The standard InChI is InChI=1S/C19H22O2S/c1-18(2)20-17(15-10-6-4-7-11-15)19(3,21-18)14-22-16-12-8-5-9-13-16/h4-13,17H,14H2,1-3H3/t17-,19-/m1/s1. The normalized spacial score (nSPS) is 27.0. The van der Waals surface area contributed by atoms with E-state index in [0.29, 0.717) is 0 Å². The third kappa shape index (κ3) is 3.37. The molecule has 0 amide bonds. The van der Waals surface area contributed by atoms with Crippen LogP contribution in [-0.2, 0) is 9.47 Å². The molecule has 0 bridgehead atoms. The van der Waals surface area contributed by atoms with Crippen LogP contribution in [0.25, 0.3) is 0 Å². The SMILES string of the molecule is CC1(C)O[C@H](c2ccccc2)[C@@](C)(CSc2ccccc2)O1. The Hall–Kier alpha value is -1.29. The summed E-state index contributed by atoms with van der Waals surface area (Å²) in [6.45, 7) is 6.12. The van der Waals surface area contributed by atoms with Gasteiger partial charge in [0.05, 0.1) is 0 Å². The van der Waals surface area contributed by atoms with Crippen molar-refractivity contribution >= 4 is 11.8 Å². The van der Waals surface area contributed by atoms with Gasteiger partial charge in [-0.15, -0.1) is 11.8 Å². The number of ether oxygens (including phenoxy) is 2. The largest absolute Gasteiger partial charge is 0.340 e. The minimum absolute atomic E-state index is 0.0556. The Morgan fingerprint density at radius 2 is 1.50 bits per heavy atom. The molecule has 0 spiro atoms. The summed E-state index contributed by atoms with van der Waals surface area (Å²) < 4.78 is 12.5.